The van der Waals surface area contributed by atoms with Crippen molar-refractivity contribution in [3.63, 3.8) is 0 Å². The number of halogens is 1. The van der Waals surface area contributed by atoms with E-state index in [1.807, 2.05) is 0 Å². The van der Waals surface area contributed by atoms with Gasteiger partial charge in [-0.3, -0.25) is 9.69 Å². The van der Waals surface area contributed by atoms with Crippen LogP contribution in [0.15, 0.2) is 0 Å². The zero-order chi connectivity index (χ0) is 13.2. The predicted octanol–water partition coefficient (Wildman–Crippen LogP) is 1.51. The van der Waals surface area contributed by atoms with E-state index in [9.17, 15) is 9.59 Å². The summed E-state index contributed by atoms with van der Waals surface area (Å²) < 4.78 is 5.27. The number of ether oxygens (including phenoxy) is 1. The van der Waals surface area contributed by atoms with Crippen molar-refractivity contribution in [1.82, 2.24) is 10.2 Å². The highest BCUT2D eigenvalue weighted by Gasteiger charge is 2.51. The van der Waals surface area contributed by atoms with E-state index in [0.717, 1.165) is 11.8 Å². The predicted molar refractivity (Wildman–Crippen MR) is 70.6 cm³/mol. The maximum absolute atomic E-state index is 12.4. The monoisotopic (exact) mass is 318 g/mol. The largest absolute Gasteiger partial charge is 0.381 e. The summed E-state index contributed by atoms with van der Waals surface area (Å²) in [6.07, 6.45) is 2.11. The molecule has 2 heterocycles. The molecular weight excluding hydrogens is 300 g/mol. The van der Waals surface area contributed by atoms with Crippen molar-refractivity contribution < 1.29 is 14.3 Å². The zero-order valence-electron chi connectivity index (χ0n) is 10.6. The Hall–Kier alpha value is -0.620. The van der Waals surface area contributed by atoms with Gasteiger partial charge in [-0.05, 0) is 5.92 Å². The number of urea groups is 1. The van der Waals surface area contributed by atoms with E-state index in [2.05, 4.69) is 28.2 Å². The molecule has 0 radical (unpaired) electrons. The fraction of sp³-hybridized carbons (Fsp3) is 0.833. The minimum absolute atomic E-state index is 0.0739. The molecule has 0 aromatic heterocycles. The van der Waals surface area contributed by atoms with Crippen LogP contribution >= 0.6 is 15.9 Å². The number of hydrogen-bond donors (Lipinski definition) is 1. The Morgan fingerprint density at radius 2 is 2.11 bits per heavy atom. The zero-order valence-corrected chi connectivity index (χ0v) is 12.2. The number of carbonyl (C=O) groups excluding carboxylic acids is 2. The number of amides is 3. The Morgan fingerprint density at radius 3 is 2.67 bits per heavy atom. The van der Waals surface area contributed by atoms with Crippen LogP contribution in [0.5, 0.6) is 0 Å². The first-order chi connectivity index (χ1) is 8.63. The summed E-state index contributed by atoms with van der Waals surface area (Å²) in [5, 5.41) is 3.67. The maximum atomic E-state index is 12.4. The highest BCUT2D eigenvalue weighted by molar-refractivity contribution is 9.09. The molecular formula is C12H19BrN2O3. The van der Waals surface area contributed by atoms with E-state index in [0.29, 0.717) is 38.5 Å². The SMILES string of the molecule is CCC(CBr)CN1C(=O)NC2(CCOCC2)C1=O. The van der Waals surface area contributed by atoms with Gasteiger partial charge in [0.05, 0.1) is 0 Å². The lowest BCUT2D eigenvalue weighted by atomic mass is 9.90. The van der Waals surface area contributed by atoms with Crippen LogP contribution in [0.25, 0.3) is 0 Å². The molecule has 6 heteroatoms. The third-order valence-electron chi connectivity index (χ3n) is 3.83. The molecule has 0 bridgehead atoms. The van der Waals surface area contributed by atoms with Crippen LogP contribution in [0.2, 0.25) is 0 Å². The van der Waals surface area contributed by atoms with Gasteiger partial charge in [-0.25, -0.2) is 4.79 Å². The van der Waals surface area contributed by atoms with Crippen LogP contribution in [0, 0.1) is 5.92 Å². The lowest BCUT2D eigenvalue weighted by Gasteiger charge is -2.30. The number of nitrogens with zero attached hydrogens (tertiary/aromatic N) is 1. The first kappa shape index (κ1) is 13.8. The van der Waals surface area contributed by atoms with Crippen molar-refractivity contribution in [3.05, 3.63) is 0 Å². The first-order valence-corrected chi connectivity index (χ1v) is 7.53. The van der Waals surface area contributed by atoms with Crippen molar-refractivity contribution >= 4 is 27.9 Å². The van der Waals surface area contributed by atoms with Gasteiger partial charge in [0.2, 0.25) is 0 Å². The third kappa shape index (κ3) is 2.40. The van der Waals surface area contributed by atoms with Gasteiger partial charge in [0.1, 0.15) is 5.54 Å². The molecule has 2 aliphatic rings. The highest BCUT2D eigenvalue weighted by Crippen LogP contribution is 2.29. The fourth-order valence-corrected chi connectivity index (χ4v) is 3.11. The molecule has 3 amide bonds. The van der Waals surface area contributed by atoms with Gasteiger partial charge in [-0.1, -0.05) is 29.3 Å². The van der Waals surface area contributed by atoms with E-state index in [1.54, 1.807) is 0 Å². The summed E-state index contributed by atoms with van der Waals surface area (Å²) in [5.41, 5.74) is -0.695. The molecule has 0 aromatic carbocycles. The van der Waals surface area contributed by atoms with Gasteiger partial charge in [0, 0.05) is 37.9 Å². The molecule has 102 valence electrons. The second-order valence-electron chi connectivity index (χ2n) is 4.97. The van der Waals surface area contributed by atoms with Crippen LogP contribution in [-0.4, -0.2) is 47.5 Å². The molecule has 5 nitrogen and oxygen atoms in total. The summed E-state index contributed by atoms with van der Waals surface area (Å²) in [6, 6.07) is -0.249. The van der Waals surface area contributed by atoms with E-state index in [1.165, 1.54) is 4.90 Å². The summed E-state index contributed by atoms with van der Waals surface area (Å²) in [6.45, 7) is 3.63. The lowest BCUT2D eigenvalue weighted by molar-refractivity contribution is -0.134. The summed E-state index contributed by atoms with van der Waals surface area (Å²) in [5.74, 6) is 0.241. The second kappa shape index (κ2) is 5.57. The average molecular weight is 319 g/mol. The minimum atomic E-state index is -0.695. The van der Waals surface area contributed by atoms with Crippen LogP contribution in [0.1, 0.15) is 26.2 Å². The molecule has 18 heavy (non-hydrogen) atoms. The summed E-state index contributed by atoms with van der Waals surface area (Å²) in [4.78, 5) is 25.8. The van der Waals surface area contributed by atoms with E-state index in [4.69, 9.17) is 4.74 Å². The van der Waals surface area contributed by atoms with Gasteiger partial charge in [0.15, 0.2) is 0 Å². The van der Waals surface area contributed by atoms with Crippen molar-refractivity contribution in [2.24, 2.45) is 5.92 Å². The Balaban J connectivity index is 2.09. The summed E-state index contributed by atoms with van der Waals surface area (Å²) >= 11 is 3.42. The number of rotatable bonds is 4. The van der Waals surface area contributed by atoms with Crippen LogP contribution < -0.4 is 5.32 Å². The molecule has 1 N–H and O–H groups in total. The number of alkyl halides is 1. The molecule has 2 saturated heterocycles. The standard InChI is InChI=1S/C12H19BrN2O3/c1-2-9(7-13)8-15-10(16)12(14-11(15)17)3-5-18-6-4-12/h9H,2-8H2,1H3,(H,14,17). The van der Waals surface area contributed by atoms with Crippen LogP contribution in [-0.2, 0) is 9.53 Å². The van der Waals surface area contributed by atoms with Gasteiger partial charge in [-0.2, -0.15) is 0 Å². The number of carbonyl (C=O) groups is 2. The van der Waals surface area contributed by atoms with Gasteiger partial charge >= 0.3 is 6.03 Å². The molecule has 2 fully saturated rings. The first-order valence-electron chi connectivity index (χ1n) is 6.41. The average Bonchev–Trinajstić information content (AvgIpc) is 2.60. The molecule has 1 atom stereocenters. The smallest absolute Gasteiger partial charge is 0.325 e. The van der Waals surface area contributed by atoms with Crippen LogP contribution in [0.3, 0.4) is 0 Å². The Kier molecular flexibility index (Phi) is 4.27. The van der Waals surface area contributed by atoms with E-state index in [-0.39, 0.29) is 11.9 Å². The van der Waals surface area contributed by atoms with Gasteiger partial charge in [0.25, 0.3) is 5.91 Å². The Morgan fingerprint density at radius 1 is 1.44 bits per heavy atom. The van der Waals surface area contributed by atoms with Crippen molar-refractivity contribution in [3.8, 4) is 0 Å². The quantitative estimate of drug-likeness (QED) is 0.631. The van der Waals surface area contributed by atoms with E-state index < -0.39 is 5.54 Å². The molecule has 1 unspecified atom stereocenters. The molecule has 0 aromatic rings. The van der Waals surface area contributed by atoms with Crippen molar-refractivity contribution in [2.75, 3.05) is 25.1 Å². The fourth-order valence-electron chi connectivity index (χ4n) is 2.45. The molecule has 1 spiro atoms. The summed E-state index contributed by atoms with van der Waals surface area (Å²) in [7, 11) is 0. The van der Waals surface area contributed by atoms with Crippen molar-refractivity contribution in [2.45, 2.75) is 31.7 Å². The van der Waals surface area contributed by atoms with Crippen LogP contribution in [0.4, 0.5) is 4.79 Å². The van der Waals surface area contributed by atoms with Gasteiger partial charge in [-0.15, -0.1) is 0 Å². The van der Waals surface area contributed by atoms with Crippen molar-refractivity contribution in [1.29, 1.82) is 0 Å². The molecule has 0 aliphatic carbocycles. The number of imide groups is 1. The number of nitrogens with one attached hydrogen (secondary N) is 1. The third-order valence-corrected chi connectivity index (χ3v) is 4.74. The minimum Gasteiger partial charge on any atom is -0.381 e. The Bertz CT molecular complexity index is 338. The van der Waals surface area contributed by atoms with E-state index >= 15 is 0 Å². The molecule has 2 aliphatic heterocycles. The molecule has 0 saturated carbocycles. The number of hydrogen-bond acceptors (Lipinski definition) is 3. The Labute approximate surface area is 115 Å². The second-order valence-corrected chi connectivity index (χ2v) is 5.62. The maximum Gasteiger partial charge on any atom is 0.325 e. The van der Waals surface area contributed by atoms with Gasteiger partial charge < -0.3 is 10.1 Å². The molecule has 2 rings (SSSR count). The topological polar surface area (TPSA) is 58.6 Å². The lowest BCUT2D eigenvalue weighted by Crippen LogP contribution is -2.51. The highest BCUT2D eigenvalue weighted by atomic mass is 79.9. The normalized spacial score (nSPS) is 24.4.